The topological polar surface area (TPSA) is 78.2 Å². The molecule has 8 nitrogen and oxygen atoms in total. The highest BCUT2D eigenvalue weighted by molar-refractivity contribution is 5.82. The molecule has 5 aromatic rings. The molecule has 0 amide bonds. The molecule has 8 heteroatoms. The summed E-state index contributed by atoms with van der Waals surface area (Å²) in [6.07, 6.45) is 9.99. The third kappa shape index (κ3) is 4.91. The van der Waals surface area contributed by atoms with E-state index in [4.69, 9.17) is 14.5 Å². The number of fused-ring (bicyclic) bond motifs is 1. The Morgan fingerprint density at radius 2 is 1.63 bits per heavy atom. The summed E-state index contributed by atoms with van der Waals surface area (Å²) in [5, 5.41) is 4.26. The third-order valence-electron chi connectivity index (χ3n) is 5.86. The van der Waals surface area contributed by atoms with E-state index in [2.05, 4.69) is 32.1 Å². The van der Waals surface area contributed by atoms with Crippen LogP contribution in [0.25, 0.3) is 22.3 Å². The average Bonchev–Trinajstić information content (AvgIpc) is 3.35. The molecule has 3 aromatic heterocycles. The summed E-state index contributed by atoms with van der Waals surface area (Å²) in [5.41, 5.74) is 6.53. The molecule has 0 atom stereocenters. The summed E-state index contributed by atoms with van der Waals surface area (Å²) in [4.78, 5) is 15.9. The van der Waals surface area contributed by atoms with Crippen molar-refractivity contribution in [1.82, 2.24) is 24.7 Å². The monoisotopic (exact) mass is 466 g/mol. The van der Waals surface area contributed by atoms with Crippen LogP contribution in [0.15, 0.2) is 79.5 Å². The molecule has 0 aliphatic carbocycles. The van der Waals surface area contributed by atoms with E-state index in [1.165, 1.54) is 5.56 Å². The van der Waals surface area contributed by atoms with Crippen molar-refractivity contribution in [1.29, 1.82) is 0 Å². The second-order valence-electron chi connectivity index (χ2n) is 8.16. The van der Waals surface area contributed by atoms with E-state index < -0.39 is 0 Å². The Hall–Kier alpha value is -4.46. The molecule has 2 aromatic carbocycles. The van der Waals surface area contributed by atoms with Crippen LogP contribution in [0.5, 0.6) is 11.5 Å². The molecule has 176 valence electrons. The fourth-order valence-corrected chi connectivity index (χ4v) is 4.01. The first-order valence-electron chi connectivity index (χ1n) is 11.3. The zero-order chi connectivity index (χ0) is 24.2. The van der Waals surface area contributed by atoms with Crippen molar-refractivity contribution in [3.63, 3.8) is 0 Å². The molecule has 0 aliphatic rings. The van der Waals surface area contributed by atoms with Crippen molar-refractivity contribution < 1.29 is 9.47 Å². The molecule has 0 saturated heterocycles. The van der Waals surface area contributed by atoms with Crippen molar-refractivity contribution in [3.05, 3.63) is 85.1 Å². The van der Waals surface area contributed by atoms with Gasteiger partial charge in [0.05, 0.1) is 43.3 Å². The van der Waals surface area contributed by atoms with Crippen molar-refractivity contribution in [2.75, 3.05) is 25.7 Å². The molecule has 0 fully saturated rings. The van der Waals surface area contributed by atoms with Gasteiger partial charge in [0.2, 0.25) is 0 Å². The number of ether oxygens (including phenoxy) is 2. The summed E-state index contributed by atoms with van der Waals surface area (Å²) >= 11 is 0. The van der Waals surface area contributed by atoms with Crippen LogP contribution in [-0.4, -0.2) is 45.5 Å². The van der Waals surface area contributed by atoms with Gasteiger partial charge in [0, 0.05) is 67.3 Å². The summed E-state index contributed by atoms with van der Waals surface area (Å²) < 4.78 is 12.8. The minimum absolute atomic E-state index is 0.729. The molecule has 0 bridgehead atoms. The number of hydrogen-bond donors (Lipinski definition) is 0. The van der Waals surface area contributed by atoms with Crippen LogP contribution >= 0.6 is 0 Å². The van der Waals surface area contributed by atoms with E-state index in [1.807, 2.05) is 62.0 Å². The zero-order valence-electron chi connectivity index (χ0n) is 19.9. The van der Waals surface area contributed by atoms with Gasteiger partial charge >= 0.3 is 0 Å². The quantitative estimate of drug-likeness (QED) is 0.324. The Morgan fingerprint density at radius 3 is 2.31 bits per heavy atom. The van der Waals surface area contributed by atoms with Crippen molar-refractivity contribution in [2.24, 2.45) is 7.05 Å². The van der Waals surface area contributed by atoms with Crippen LogP contribution in [0.2, 0.25) is 0 Å². The van der Waals surface area contributed by atoms with Gasteiger partial charge in [-0.15, -0.1) is 0 Å². The Bertz CT molecular complexity index is 1430. The van der Waals surface area contributed by atoms with Crippen molar-refractivity contribution >= 4 is 22.4 Å². The maximum atomic E-state index is 5.54. The molecule has 35 heavy (non-hydrogen) atoms. The lowest BCUT2D eigenvalue weighted by Gasteiger charge is -2.26. The largest absolute Gasteiger partial charge is 0.497 e. The smallest absolute Gasteiger partial charge is 0.124 e. The van der Waals surface area contributed by atoms with Gasteiger partial charge in [-0.3, -0.25) is 14.6 Å². The first kappa shape index (κ1) is 22.3. The van der Waals surface area contributed by atoms with Gasteiger partial charge in [-0.2, -0.15) is 5.10 Å². The fourth-order valence-electron chi connectivity index (χ4n) is 4.01. The number of rotatable bonds is 8. The first-order chi connectivity index (χ1) is 17.1. The fraction of sp³-hybridized carbons (Fsp3) is 0.185. The van der Waals surface area contributed by atoms with Gasteiger partial charge in [0.25, 0.3) is 0 Å². The van der Waals surface area contributed by atoms with Gasteiger partial charge in [0.15, 0.2) is 0 Å². The molecule has 0 spiro atoms. The van der Waals surface area contributed by atoms with Crippen molar-refractivity contribution in [2.45, 2.75) is 6.42 Å². The zero-order valence-corrected chi connectivity index (χ0v) is 19.9. The molecule has 0 aliphatic heterocycles. The number of benzene rings is 2. The lowest BCUT2D eigenvalue weighted by Crippen LogP contribution is -2.20. The van der Waals surface area contributed by atoms with E-state index >= 15 is 0 Å². The Labute approximate surface area is 203 Å². The molecular formula is C27H26N6O2. The van der Waals surface area contributed by atoms with Crippen LogP contribution in [0.1, 0.15) is 5.56 Å². The third-order valence-corrected chi connectivity index (χ3v) is 5.86. The van der Waals surface area contributed by atoms with E-state index in [0.717, 1.165) is 58.1 Å². The number of nitrogens with zero attached hydrogens (tertiary/aromatic N) is 6. The molecule has 0 N–H and O–H groups in total. The molecule has 0 saturated carbocycles. The first-order valence-corrected chi connectivity index (χ1v) is 11.3. The maximum Gasteiger partial charge on any atom is 0.124 e. The second kappa shape index (κ2) is 9.80. The van der Waals surface area contributed by atoms with Gasteiger partial charge in [0.1, 0.15) is 11.5 Å². The van der Waals surface area contributed by atoms with Crippen LogP contribution in [0.4, 0.5) is 11.4 Å². The molecular weight excluding hydrogens is 440 g/mol. The Morgan fingerprint density at radius 1 is 0.857 bits per heavy atom. The Kier molecular flexibility index (Phi) is 6.26. The number of aryl methyl sites for hydroxylation is 1. The number of anilines is 2. The van der Waals surface area contributed by atoms with E-state index in [9.17, 15) is 0 Å². The van der Waals surface area contributed by atoms with Gasteiger partial charge < -0.3 is 14.4 Å². The minimum atomic E-state index is 0.729. The van der Waals surface area contributed by atoms with Crippen LogP contribution in [0, 0.1) is 0 Å². The van der Waals surface area contributed by atoms with Crippen LogP contribution in [-0.2, 0) is 13.5 Å². The standard InChI is InChI=1S/C27H26N6O2/c1-32-18-20(16-30-32)27-17-29-25-5-4-21(14-26(25)31-27)33(11-8-19-6-9-28-10-7-19)22-12-23(34-2)15-24(13-22)35-3/h4-7,9-10,12-18H,8,11H2,1-3H3. The van der Waals surface area contributed by atoms with E-state index in [-0.39, 0.29) is 0 Å². The lowest BCUT2D eigenvalue weighted by molar-refractivity contribution is 0.394. The van der Waals surface area contributed by atoms with Gasteiger partial charge in [-0.1, -0.05) is 0 Å². The number of methoxy groups -OCH3 is 2. The van der Waals surface area contributed by atoms with E-state index in [0.29, 0.717) is 0 Å². The molecule has 5 rings (SSSR count). The SMILES string of the molecule is COc1cc(OC)cc(N(CCc2ccncc2)c2ccc3ncc(-c4cnn(C)c4)nc3c2)c1. The Balaban J connectivity index is 1.57. The van der Waals surface area contributed by atoms with Gasteiger partial charge in [-0.25, -0.2) is 4.98 Å². The summed E-state index contributed by atoms with van der Waals surface area (Å²) in [5.74, 6) is 1.46. The summed E-state index contributed by atoms with van der Waals surface area (Å²) in [6, 6.07) is 16.1. The molecule has 0 unspecified atom stereocenters. The second-order valence-corrected chi connectivity index (χ2v) is 8.16. The normalized spacial score (nSPS) is 10.9. The number of hydrogen-bond acceptors (Lipinski definition) is 7. The number of pyridine rings is 1. The summed E-state index contributed by atoms with van der Waals surface area (Å²) in [7, 11) is 5.20. The average molecular weight is 467 g/mol. The predicted octanol–water partition coefficient (Wildman–Crippen LogP) is 4.82. The number of aromatic nitrogens is 5. The highest BCUT2D eigenvalue weighted by atomic mass is 16.5. The predicted molar refractivity (Wildman–Crippen MR) is 136 cm³/mol. The summed E-state index contributed by atoms with van der Waals surface area (Å²) in [6.45, 7) is 0.738. The van der Waals surface area contributed by atoms with Gasteiger partial charge in [-0.05, 0) is 42.3 Å². The molecule has 3 heterocycles. The van der Waals surface area contributed by atoms with Crippen LogP contribution < -0.4 is 14.4 Å². The highest BCUT2D eigenvalue weighted by Crippen LogP contribution is 2.34. The lowest BCUT2D eigenvalue weighted by atomic mass is 10.1. The van der Waals surface area contributed by atoms with E-state index in [1.54, 1.807) is 31.3 Å². The minimum Gasteiger partial charge on any atom is -0.497 e. The van der Waals surface area contributed by atoms with Crippen molar-refractivity contribution in [3.8, 4) is 22.8 Å². The maximum absolute atomic E-state index is 5.54. The van der Waals surface area contributed by atoms with Crippen LogP contribution in [0.3, 0.4) is 0 Å². The highest BCUT2D eigenvalue weighted by Gasteiger charge is 2.15. The molecule has 0 radical (unpaired) electrons.